The molecule has 0 atom stereocenters. The van der Waals surface area contributed by atoms with Gasteiger partial charge in [-0.15, -0.1) is 0 Å². The quantitative estimate of drug-likeness (QED) is 0.824. The summed E-state index contributed by atoms with van der Waals surface area (Å²) in [5, 5.41) is 0. The van der Waals surface area contributed by atoms with E-state index in [0.717, 1.165) is 11.3 Å². The molecule has 84 valence electrons. The van der Waals surface area contributed by atoms with Gasteiger partial charge in [0.25, 0.3) is 0 Å². The van der Waals surface area contributed by atoms with Crippen LogP contribution in [0.5, 0.6) is 0 Å². The van der Waals surface area contributed by atoms with Crippen LogP contribution >= 0.6 is 0 Å². The van der Waals surface area contributed by atoms with E-state index in [9.17, 15) is 0 Å². The molecule has 0 aromatic carbocycles. The zero-order valence-electron chi connectivity index (χ0n) is 9.87. The van der Waals surface area contributed by atoms with Gasteiger partial charge < -0.3 is 10.5 Å². The van der Waals surface area contributed by atoms with Crippen molar-refractivity contribution >= 4 is 5.82 Å². The molecule has 0 radical (unpaired) electrons. The van der Waals surface area contributed by atoms with Gasteiger partial charge in [-0.3, -0.25) is 0 Å². The lowest BCUT2D eigenvalue weighted by Crippen LogP contribution is -2.09. The van der Waals surface area contributed by atoms with Crippen molar-refractivity contribution in [3.63, 3.8) is 0 Å². The molecule has 15 heavy (non-hydrogen) atoms. The molecule has 0 aliphatic heterocycles. The van der Waals surface area contributed by atoms with Crippen LogP contribution in [0.3, 0.4) is 0 Å². The molecule has 0 saturated heterocycles. The first kappa shape index (κ1) is 11.9. The molecule has 0 fully saturated rings. The molecule has 4 nitrogen and oxygen atoms in total. The van der Waals surface area contributed by atoms with Gasteiger partial charge in [0.1, 0.15) is 12.4 Å². The number of hydrogen-bond acceptors (Lipinski definition) is 4. The van der Waals surface area contributed by atoms with Crippen LogP contribution < -0.4 is 5.73 Å². The fraction of sp³-hybridized carbons (Fsp3) is 0.636. The van der Waals surface area contributed by atoms with Gasteiger partial charge in [0, 0.05) is 17.9 Å². The Balaban J connectivity index is 2.97. The van der Waals surface area contributed by atoms with Crippen LogP contribution in [0.1, 0.15) is 43.8 Å². The fourth-order valence-electron chi connectivity index (χ4n) is 1.63. The van der Waals surface area contributed by atoms with Gasteiger partial charge in [-0.25, -0.2) is 9.97 Å². The maximum atomic E-state index is 5.89. The Morgan fingerprint density at radius 1 is 1.33 bits per heavy atom. The monoisotopic (exact) mass is 209 g/mol. The molecule has 0 bridgehead atoms. The minimum Gasteiger partial charge on any atom is -0.383 e. The van der Waals surface area contributed by atoms with E-state index in [1.165, 1.54) is 0 Å². The highest BCUT2D eigenvalue weighted by Crippen LogP contribution is 2.22. The predicted molar refractivity (Wildman–Crippen MR) is 60.6 cm³/mol. The summed E-state index contributed by atoms with van der Waals surface area (Å²) in [6.45, 7) is 9.17. The first-order valence-electron chi connectivity index (χ1n) is 5.26. The molecule has 4 heteroatoms. The number of nitrogen functional groups attached to an aromatic ring is 1. The maximum absolute atomic E-state index is 5.89. The van der Waals surface area contributed by atoms with Crippen LogP contribution in [0.2, 0.25) is 0 Å². The van der Waals surface area contributed by atoms with Crippen molar-refractivity contribution in [1.82, 2.24) is 9.97 Å². The number of nitrogens with zero attached hydrogens (tertiary/aromatic N) is 2. The molecule has 0 aliphatic carbocycles. The van der Waals surface area contributed by atoms with E-state index < -0.39 is 0 Å². The highest BCUT2D eigenvalue weighted by molar-refractivity contribution is 5.43. The Morgan fingerprint density at radius 2 is 2.00 bits per heavy atom. The van der Waals surface area contributed by atoms with Gasteiger partial charge >= 0.3 is 0 Å². The molecule has 1 aromatic heterocycles. The van der Waals surface area contributed by atoms with Crippen molar-refractivity contribution in [1.29, 1.82) is 0 Å². The van der Waals surface area contributed by atoms with Gasteiger partial charge in [0.05, 0.1) is 0 Å². The number of rotatable bonds is 4. The smallest absolute Gasteiger partial charge is 0.156 e. The highest BCUT2D eigenvalue weighted by atomic mass is 16.5. The van der Waals surface area contributed by atoms with E-state index in [1.54, 1.807) is 0 Å². The second-order valence-electron chi connectivity index (χ2n) is 3.82. The summed E-state index contributed by atoms with van der Waals surface area (Å²) in [6, 6.07) is 0. The number of nitrogens with two attached hydrogens (primary N) is 1. The van der Waals surface area contributed by atoms with Crippen LogP contribution in [-0.4, -0.2) is 16.6 Å². The normalized spacial score (nSPS) is 11.0. The van der Waals surface area contributed by atoms with Gasteiger partial charge in [0.15, 0.2) is 5.82 Å². The van der Waals surface area contributed by atoms with Crippen LogP contribution in [0.15, 0.2) is 0 Å². The predicted octanol–water partition coefficient (Wildman–Crippen LogP) is 2.03. The zero-order valence-corrected chi connectivity index (χ0v) is 9.87. The van der Waals surface area contributed by atoms with E-state index in [2.05, 4.69) is 23.8 Å². The van der Waals surface area contributed by atoms with Crippen molar-refractivity contribution in [2.45, 2.75) is 40.2 Å². The first-order valence-corrected chi connectivity index (χ1v) is 5.26. The maximum Gasteiger partial charge on any atom is 0.156 e. The molecule has 0 amide bonds. The zero-order chi connectivity index (χ0) is 11.4. The third kappa shape index (κ3) is 2.89. The topological polar surface area (TPSA) is 61.0 Å². The molecule has 2 N–H and O–H groups in total. The summed E-state index contributed by atoms with van der Waals surface area (Å²) in [5.74, 6) is 1.59. The number of hydrogen-bond donors (Lipinski definition) is 1. The largest absolute Gasteiger partial charge is 0.383 e. The van der Waals surface area contributed by atoms with Crippen LogP contribution in [0, 0.1) is 6.92 Å². The molecular formula is C11H19N3O. The van der Waals surface area contributed by atoms with Crippen molar-refractivity contribution in [2.75, 3.05) is 12.3 Å². The first-order chi connectivity index (χ1) is 7.06. The molecule has 0 saturated carbocycles. The Bertz CT molecular complexity index is 314. The van der Waals surface area contributed by atoms with E-state index in [1.807, 2.05) is 13.8 Å². The fourth-order valence-corrected chi connectivity index (χ4v) is 1.63. The molecule has 0 unspecified atom stereocenters. The molecule has 1 heterocycles. The van der Waals surface area contributed by atoms with Gasteiger partial charge in [-0.1, -0.05) is 13.8 Å². The molecule has 1 aromatic rings. The Labute approximate surface area is 90.9 Å². The lowest BCUT2D eigenvalue weighted by Gasteiger charge is -2.12. The minimum absolute atomic E-state index is 0.353. The Kier molecular flexibility index (Phi) is 4.03. The summed E-state index contributed by atoms with van der Waals surface area (Å²) in [6.07, 6.45) is 0. The minimum atomic E-state index is 0.353. The second-order valence-corrected chi connectivity index (χ2v) is 3.82. The van der Waals surface area contributed by atoms with E-state index in [4.69, 9.17) is 10.5 Å². The third-order valence-electron chi connectivity index (χ3n) is 2.22. The number of anilines is 1. The van der Waals surface area contributed by atoms with Crippen molar-refractivity contribution < 1.29 is 4.74 Å². The average Bonchev–Trinajstić information content (AvgIpc) is 2.12. The lowest BCUT2D eigenvalue weighted by molar-refractivity contribution is 0.128. The Morgan fingerprint density at radius 3 is 2.47 bits per heavy atom. The molecule has 0 aliphatic rings. The number of aromatic nitrogens is 2. The van der Waals surface area contributed by atoms with E-state index >= 15 is 0 Å². The highest BCUT2D eigenvalue weighted by Gasteiger charge is 2.12. The van der Waals surface area contributed by atoms with E-state index in [-0.39, 0.29) is 0 Å². The lowest BCUT2D eigenvalue weighted by atomic mass is 10.0. The standard InChI is InChI=1S/C11H19N3O/c1-5-15-6-9-13-8(4)10(7(2)3)11(12)14-9/h7H,5-6H2,1-4H3,(H2,12,13,14). The second kappa shape index (κ2) is 5.07. The van der Waals surface area contributed by atoms with Crippen LogP contribution in [-0.2, 0) is 11.3 Å². The summed E-state index contributed by atoms with van der Waals surface area (Å²) in [4.78, 5) is 8.61. The van der Waals surface area contributed by atoms with Crippen LogP contribution in [0.4, 0.5) is 5.82 Å². The number of ether oxygens (including phenoxy) is 1. The third-order valence-corrected chi connectivity index (χ3v) is 2.22. The van der Waals surface area contributed by atoms with Gasteiger partial charge in [-0.05, 0) is 19.8 Å². The van der Waals surface area contributed by atoms with Gasteiger partial charge in [-0.2, -0.15) is 0 Å². The summed E-state index contributed by atoms with van der Waals surface area (Å²) in [7, 11) is 0. The average molecular weight is 209 g/mol. The number of aryl methyl sites for hydroxylation is 1. The summed E-state index contributed by atoms with van der Waals surface area (Å²) < 4.78 is 5.25. The Hall–Kier alpha value is -1.16. The van der Waals surface area contributed by atoms with E-state index in [0.29, 0.717) is 30.8 Å². The van der Waals surface area contributed by atoms with Crippen molar-refractivity contribution in [2.24, 2.45) is 0 Å². The molecular weight excluding hydrogens is 190 g/mol. The van der Waals surface area contributed by atoms with Gasteiger partial charge in [0.2, 0.25) is 0 Å². The summed E-state index contributed by atoms with van der Waals surface area (Å²) in [5.41, 5.74) is 7.88. The molecule has 0 spiro atoms. The summed E-state index contributed by atoms with van der Waals surface area (Å²) >= 11 is 0. The van der Waals surface area contributed by atoms with Crippen molar-refractivity contribution in [3.8, 4) is 0 Å². The molecule has 1 rings (SSSR count). The SMILES string of the molecule is CCOCc1nc(C)c(C(C)C)c(N)n1. The van der Waals surface area contributed by atoms with Crippen molar-refractivity contribution in [3.05, 3.63) is 17.1 Å². The van der Waals surface area contributed by atoms with Crippen LogP contribution in [0.25, 0.3) is 0 Å².